The third kappa shape index (κ3) is 3.63. The van der Waals surface area contributed by atoms with Crippen LogP contribution in [-0.4, -0.2) is 23.9 Å². The standard InChI is InChI=1S/C20H26N2O2/c23-19(21-15-9-10-15)14-7-4-8-16(11-14)22-20(24)18-12-17(18)13-5-2-1-3-6-13/h1-3,5-6,14-18H,4,7-12H2,(H,21,23)(H,22,24)/t14-,16+,17+,18+/m1/s1. The summed E-state index contributed by atoms with van der Waals surface area (Å²) in [6.45, 7) is 0. The van der Waals surface area contributed by atoms with Crippen LogP contribution in [0.5, 0.6) is 0 Å². The molecule has 0 heterocycles. The fourth-order valence-corrected chi connectivity index (χ4v) is 3.97. The summed E-state index contributed by atoms with van der Waals surface area (Å²) in [6, 6.07) is 10.9. The van der Waals surface area contributed by atoms with Gasteiger partial charge in [0.1, 0.15) is 0 Å². The summed E-state index contributed by atoms with van der Waals surface area (Å²) in [6.07, 6.45) is 6.99. The maximum atomic E-state index is 12.5. The van der Waals surface area contributed by atoms with Crippen LogP contribution in [-0.2, 0) is 9.59 Å². The quantitative estimate of drug-likeness (QED) is 0.874. The maximum Gasteiger partial charge on any atom is 0.223 e. The van der Waals surface area contributed by atoms with Gasteiger partial charge in [0, 0.05) is 23.9 Å². The van der Waals surface area contributed by atoms with Gasteiger partial charge in [-0.2, -0.15) is 0 Å². The lowest BCUT2D eigenvalue weighted by Gasteiger charge is -2.29. The van der Waals surface area contributed by atoms with Gasteiger partial charge >= 0.3 is 0 Å². The smallest absolute Gasteiger partial charge is 0.223 e. The monoisotopic (exact) mass is 326 g/mol. The first-order valence-corrected chi connectivity index (χ1v) is 9.36. The molecule has 0 unspecified atom stereocenters. The van der Waals surface area contributed by atoms with Crippen LogP contribution in [0.4, 0.5) is 0 Å². The van der Waals surface area contributed by atoms with Crippen LogP contribution in [0.3, 0.4) is 0 Å². The molecule has 3 saturated carbocycles. The van der Waals surface area contributed by atoms with Gasteiger partial charge in [-0.15, -0.1) is 0 Å². The van der Waals surface area contributed by atoms with Gasteiger partial charge in [0.05, 0.1) is 0 Å². The molecule has 3 aliphatic carbocycles. The van der Waals surface area contributed by atoms with E-state index >= 15 is 0 Å². The molecule has 4 heteroatoms. The topological polar surface area (TPSA) is 58.2 Å². The normalized spacial score (nSPS) is 32.0. The van der Waals surface area contributed by atoms with Crippen molar-refractivity contribution in [2.24, 2.45) is 11.8 Å². The minimum absolute atomic E-state index is 0.0776. The van der Waals surface area contributed by atoms with E-state index in [1.807, 2.05) is 18.2 Å². The summed E-state index contributed by atoms with van der Waals surface area (Å²) < 4.78 is 0. The van der Waals surface area contributed by atoms with Crippen LogP contribution in [0.15, 0.2) is 30.3 Å². The minimum Gasteiger partial charge on any atom is -0.353 e. The van der Waals surface area contributed by atoms with E-state index in [1.165, 1.54) is 5.56 Å². The molecule has 3 aliphatic rings. The van der Waals surface area contributed by atoms with E-state index in [4.69, 9.17) is 0 Å². The third-order valence-electron chi connectivity index (χ3n) is 5.67. The number of hydrogen-bond donors (Lipinski definition) is 2. The van der Waals surface area contributed by atoms with Crippen LogP contribution in [0, 0.1) is 11.8 Å². The molecular weight excluding hydrogens is 300 g/mol. The van der Waals surface area contributed by atoms with Gasteiger partial charge in [0.15, 0.2) is 0 Å². The van der Waals surface area contributed by atoms with E-state index in [0.29, 0.717) is 12.0 Å². The summed E-state index contributed by atoms with van der Waals surface area (Å²) in [4.78, 5) is 24.7. The highest BCUT2D eigenvalue weighted by molar-refractivity contribution is 5.83. The first-order chi connectivity index (χ1) is 11.7. The van der Waals surface area contributed by atoms with Crippen molar-refractivity contribution in [3.8, 4) is 0 Å². The van der Waals surface area contributed by atoms with Crippen LogP contribution < -0.4 is 10.6 Å². The van der Waals surface area contributed by atoms with E-state index in [-0.39, 0.29) is 29.7 Å². The van der Waals surface area contributed by atoms with Gasteiger partial charge in [-0.05, 0) is 50.0 Å². The molecule has 128 valence electrons. The zero-order chi connectivity index (χ0) is 16.5. The molecule has 0 aliphatic heterocycles. The Labute approximate surface area is 143 Å². The first-order valence-electron chi connectivity index (χ1n) is 9.36. The van der Waals surface area contributed by atoms with Gasteiger partial charge in [-0.3, -0.25) is 9.59 Å². The van der Waals surface area contributed by atoms with Crippen LogP contribution in [0.25, 0.3) is 0 Å². The largest absolute Gasteiger partial charge is 0.353 e. The third-order valence-corrected chi connectivity index (χ3v) is 5.67. The SMILES string of the molecule is O=C(NC1CC1)[C@@H]1CCC[C@H](NC(=O)[C@H]2C[C@H]2c2ccccc2)C1. The Morgan fingerprint density at radius 3 is 2.33 bits per heavy atom. The van der Waals surface area contributed by atoms with Crippen molar-refractivity contribution in [3.05, 3.63) is 35.9 Å². The summed E-state index contributed by atoms with van der Waals surface area (Å²) in [5, 5.41) is 6.32. The highest BCUT2D eigenvalue weighted by atomic mass is 16.2. The molecule has 1 aromatic carbocycles. The van der Waals surface area contributed by atoms with Gasteiger partial charge in [-0.25, -0.2) is 0 Å². The lowest BCUT2D eigenvalue weighted by molar-refractivity contribution is -0.128. The second-order valence-electron chi connectivity index (χ2n) is 7.71. The lowest BCUT2D eigenvalue weighted by atomic mass is 9.85. The van der Waals surface area contributed by atoms with Gasteiger partial charge in [0.25, 0.3) is 0 Å². The number of hydrogen-bond acceptors (Lipinski definition) is 2. The molecule has 2 amide bonds. The number of rotatable bonds is 5. The molecule has 3 fully saturated rings. The van der Waals surface area contributed by atoms with E-state index in [1.54, 1.807) is 0 Å². The highest BCUT2D eigenvalue weighted by Crippen LogP contribution is 2.47. The molecule has 0 bridgehead atoms. The molecule has 4 nitrogen and oxygen atoms in total. The Morgan fingerprint density at radius 2 is 1.58 bits per heavy atom. The van der Waals surface area contributed by atoms with Crippen molar-refractivity contribution >= 4 is 11.8 Å². The molecule has 2 N–H and O–H groups in total. The summed E-state index contributed by atoms with van der Waals surface area (Å²) >= 11 is 0. The van der Waals surface area contributed by atoms with E-state index in [2.05, 4.69) is 22.8 Å². The molecule has 0 aromatic heterocycles. The molecule has 4 rings (SSSR count). The van der Waals surface area contributed by atoms with Crippen molar-refractivity contribution in [1.82, 2.24) is 10.6 Å². The fraction of sp³-hybridized carbons (Fsp3) is 0.600. The highest BCUT2D eigenvalue weighted by Gasteiger charge is 2.44. The summed E-state index contributed by atoms with van der Waals surface area (Å²) in [5.74, 6) is 0.952. The Balaban J connectivity index is 1.27. The second kappa shape index (κ2) is 6.58. The molecule has 0 radical (unpaired) electrons. The zero-order valence-corrected chi connectivity index (χ0v) is 14.0. The summed E-state index contributed by atoms with van der Waals surface area (Å²) in [7, 11) is 0. The molecule has 0 spiro atoms. The van der Waals surface area contributed by atoms with E-state index in [9.17, 15) is 9.59 Å². The predicted octanol–water partition coefficient (Wildman–Crippen LogP) is 2.74. The first kappa shape index (κ1) is 15.7. The number of benzene rings is 1. The van der Waals surface area contributed by atoms with E-state index in [0.717, 1.165) is 44.9 Å². The molecule has 4 atom stereocenters. The lowest BCUT2D eigenvalue weighted by Crippen LogP contribution is -2.43. The van der Waals surface area contributed by atoms with Gasteiger partial charge in [0.2, 0.25) is 11.8 Å². The molecule has 0 saturated heterocycles. The zero-order valence-electron chi connectivity index (χ0n) is 14.0. The number of nitrogens with one attached hydrogen (secondary N) is 2. The van der Waals surface area contributed by atoms with Crippen LogP contribution in [0.1, 0.15) is 56.4 Å². The molecular formula is C20H26N2O2. The summed E-state index contributed by atoms with van der Waals surface area (Å²) in [5.41, 5.74) is 1.27. The number of carbonyl (C=O) groups is 2. The van der Waals surface area contributed by atoms with Crippen LogP contribution in [0.2, 0.25) is 0 Å². The number of carbonyl (C=O) groups excluding carboxylic acids is 2. The molecule has 24 heavy (non-hydrogen) atoms. The van der Waals surface area contributed by atoms with Crippen molar-refractivity contribution < 1.29 is 9.59 Å². The Morgan fingerprint density at radius 1 is 0.833 bits per heavy atom. The Bertz CT molecular complexity index is 611. The minimum atomic E-state index is 0.0776. The van der Waals surface area contributed by atoms with Crippen LogP contribution >= 0.6 is 0 Å². The fourth-order valence-electron chi connectivity index (χ4n) is 3.97. The maximum absolute atomic E-state index is 12.5. The van der Waals surface area contributed by atoms with E-state index < -0.39 is 0 Å². The second-order valence-corrected chi connectivity index (χ2v) is 7.71. The predicted molar refractivity (Wildman–Crippen MR) is 92.3 cm³/mol. The average Bonchev–Trinajstić information content (AvgIpc) is 3.50. The van der Waals surface area contributed by atoms with Crippen molar-refractivity contribution in [2.45, 2.75) is 62.9 Å². The van der Waals surface area contributed by atoms with Crippen molar-refractivity contribution in [2.75, 3.05) is 0 Å². The molecule has 1 aromatic rings. The Kier molecular flexibility index (Phi) is 4.30. The van der Waals surface area contributed by atoms with Crippen molar-refractivity contribution in [3.63, 3.8) is 0 Å². The van der Waals surface area contributed by atoms with Crippen molar-refractivity contribution in [1.29, 1.82) is 0 Å². The van der Waals surface area contributed by atoms with Gasteiger partial charge < -0.3 is 10.6 Å². The number of amides is 2. The van der Waals surface area contributed by atoms with Gasteiger partial charge in [-0.1, -0.05) is 36.8 Å². The Hall–Kier alpha value is -1.84. The average molecular weight is 326 g/mol.